The van der Waals surface area contributed by atoms with Gasteiger partial charge in [-0.15, -0.1) is 11.8 Å². The van der Waals surface area contributed by atoms with Crippen molar-refractivity contribution in [3.05, 3.63) is 28.3 Å². The number of nitro benzene ring substituents is 1. The molecule has 1 rings (SSSR count). The summed E-state index contributed by atoms with van der Waals surface area (Å²) in [4.78, 5) is 21.4. The summed E-state index contributed by atoms with van der Waals surface area (Å²) in [5.41, 5.74) is -0.0432. The standard InChI is InChI=1S/C11H13NO5S/c1-7(11(13)14)6-18-10-5-8(17-2)3-4-9(10)12(15)16/h3-5,7H,6H2,1-2H3,(H,13,14). The second kappa shape index (κ2) is 6.25. The average molecular weight is 271 g/mol. The van der Waals surface area contributed by atoms with Gasteiger partial charge in [-0.25, -0.2) is 0 Å². The molecule has 0 radical (unpaired) electrons. The number of thioether (sulfide) groups is 1. The fourth-order valence-electron chi connectivity index (χ4n) is 1.17. The third kappa shape index (κ3) is 3.63. The molecule has 7 heteroatoms. The Labute approximate surface area is 108 Å². The van der Waals surface area contributed by atoms with Gasteiger partial charge in [-0.1, -0.05) is 6.92 Å². The molecule has 0 aliphatic carbocycles. The Bertz CT molecular complexity index is 463. The van der Waals surface area contributed by atoms with Gasteiger partial charge in [0.1, 0.15) is 5.75 Å². The molecule has 0 saturated carbocycles. The molecule has 6 nitrogen and oxygen atoms in total. The molecule has 18 heavy (non-hydrogen) atoms. The van der Waals surface area contributed by atoms with Crippen LogP contribution < -0.4 is 4.74 Å². The van der Waals surface area contributed by atoms with Crippen LogP contribution in [0.3, 0.4) is 0 Å². The summed E-state index contributed by atoms with van der Waals surface area (Å²) in [6.45, 7) is 1.56. The Kier molecular flexibility index (Phi) is 4.96. The number of methoxy groups -OCH3 is 1. The largest absolute Gasteiger partial charge is 0.497 e. The molecule has 1 unspecified atom stereocenters. The molecular formula is C11H13NO5S. The summed E-state index contributed by atoms with van der Waals surface area (Å²) in [5.74, 6) is -0.719. The van der Waals surface area contributed by atoms with Crippen molar-refractivity contribution >= 4 is 23.4 Å². The monoisotopic (exact) mass is 271 g/mol. The Hall–Kier alpha value is -1.76. The van der Waals surface area contributed by atoms with Gasteiger partial charge in [0.25, 0.3) is 5.69 Å². The lowest BCUT2D eigenvalue weighted by atomic mass is 10.2. The smallest absolute Gasteiger partial charge is 0.307 e. The molecule has 0 heterocycles. The van der Waals surface area contributed by atoms with Crippen molar-refractivity contribution < 1.29 is 19.6 Å². The van der Waals surface area contributed by atoms with Crippen molar-refractivity contribution in [2.45, 2.75) is 11.8 Å². The van der Waals surface area contributed by atoms with Crippen LogP contribution in [0.5, 0.6) is 5.75 Å². The molecule has 0 aliphatic rings. The highest BCUT2D eigenvalue weighted by Gasteiger charge is 2.18. The predicted octanol–water partition coefficient (Wildman–Crippen LogP) is 2.42. The van der Waals surface area contributed by atoms with Gasteiger partial charge in [0.05, 0.1) is 22.8 Å². The molecule has 0 saturated heterocycles. The van der Waals surface area contributed by atoms with E-state index in [-0.39, 0.29) is 11.4 Å². The maximum atomic E-state index is 10.8. The van der Waals surface area contributed by atoms with E-state index in [9.17, 15) is 14.9 Å². The van der Waals surface area contributed by atoms with E-state index in [4.69, 9.17) is 9.84 Å². The number of nitrogens with zero attached hydrogens (tertiary/aromatic N) is 1. The van der Waals surface area contributed by atoms with Crippen LogP contribution in [0.4, 0.5) is 5.69 Å². The van der Waals surface area contributed by atoms with Crippen LogP contribution in [0.2, 0.25) is 0 Å². The molecule has 1 atom stereocenters. The van der Waals surface area contributed by atoms with Crippen LogP contribution in [0.15, 0.2) is 23.1 Å². The first-order valence-corrected chi connectivity index (χ1v) is 6.12. The molecule has 0 spiro atoms. The SMILES string of the molecule is COc1ccc([N+](=O)[O-])c(SCC(C)C(=O)O)c1. The second-order valence-corrected chi connectivity index (χ2v) is 4.70. The molecular weight excluding hydrogens is 258 g/mol. The maximum Gasteiger partial charge on any atom is 0.307 e. The highest BCUT2D eigenvalue weighted by molar-refractivity contribution is 7.99. The van der Waals surface area contributed by atoms with Gasteiger partial charge in [0, 0.05) is 17.9 Å². The van der Waals surface area contributed by atoms with Gasteiger partial charge in [-0.2, -0.15) is 0 Å². The Morgan fingerprint density at radius 3 is 2.78 bits per heavy atom. The molecule has 0 amide bonds. The molecule has 0 bridgehead atoms. The lowest BCUT2D eigenvalue weighted by Crippen LogP contribution is -2.11. The molecule has 1 N–H and O–H groups in total. The van der Waals surface area contributed by atoms with E-state index in [1.165, 1.54) is 25.3 Å². The Morgan fingerprint density at radius 2 is 2.28 bits per heavy atom. The van der Waals surface area contributed by atoms with E-state index < -0.39 is 16.8 Å². The van der Waals surface area contributed by atoms with Crippen molar-refractivity contribution in [2.75, 3.05) is 12.9 Å². The maximum absolute atomic E-state index is 10.8. The number of hydrogen-bond acceptors (Lipinski definition) is 5. The Morgan fingerprint density at radius 1 is 1.61 bits per heavy atom. The highest BCUT2D eigenvalue weighted by atomic mass is 32.2. The van der Waals surface area contributed by atoms with E-state index in [2.05, 4.69) is 0 Å². The van der Waals surface area contributed by atoms with Crippen LogP contribution in [-0.2, 0) is 4.79 Å². The first-order chi connectivity index (χ1) is 8.45. The van der Waals surface area contributed by atoms with Crippen molar-refractivity contribution in [2.24, 2.45) is 5.92 Å². The third-order valence-corrected chi connectivity index (χ3v) is 3.58. The molecule has 98 valence electrons. The van der Waals surface area contributed by atoms with Gasteiger partial charge in [-0.3, -0.25) is 14.9 Å². The van der Waals surface area contributed by atoms with Gasteiger partial charge >= 0.3 is 5.97 Å². The number of carbonyl (C=O) groups is 1. The number of rotatable bonds is 6. The molecule has 1 aromatic rings. The molecule has 0 aromatic heterocycles. The van der Waals surface area contributed by atoms with E-state index in [0.29, 0.717) is 10.6 Å². The predicted molar refractivity (Wildman–Crippen MR) is 67.2 cm³/mol. The van der Waals surface area contributed by atoms with Crippen LogP contribution >= 0.6 is 11.8 Å². The number of nitro groups is 1. The van der Waals surface area contributed by atoms with E-state index in [1.54, 1.807) is 6.92 Å². The van der Waals surface area contributed by atoms with Crippen LogP contribution in [-0.4, -0.2) is 28.9 Å². The number of benzene rings is 1. The lowest BCUT2D eigenvalue weighted by Gasteiger charge is -2.07. The van der Waals surface area contributed by atoms with Crippen LogP contribution in [0, 0.1) is 16.0 Å². The summed E-state index contributed by atoms with van der Waals surface area (Å²) in [6.07, 6.45) is 0. The van der Waals surface area contributed by atoms with E-state index >= 15 is 0 Å². The summed E-state index contributed by atoms with van der Waals surface area (Å²) >= 11 is 1.14. The molecule has 1 aromatic carbocycles. The number of hydrogen-bond donors (Lipinski definition) is 1. The summed E-state index contributed by atoms with van der Waals surface area (Å²) < 4.78 is 4.99. The first kappa shape index (κ1) is 14.3. The normalized spacial score (nSPS) is 11.9. The minimum absolute atomic E-state index is 0.0432. The highest BCUT2D eigenvalue weighted by Crippen LogP contribution is 2.33. The first-order valence-electron chi connectivity index (χ1n) is 5.13. The summed E-state index contributed by atoms with van der Waals surface area (Å²) in [5, 5.41) is 19.6. The Balaban J connectivity index is 2.90. The minimum Gasteiger partial charge on any atom is -0.497 e. The van der Waals surface area contributed by atoms with Gasteiger partial charge < -0.3 is 9.84 Å². The summed E-state index contributed by atoms with van der Waals surface area (Å²) in [7, 11) is 1.47. The fourth-order valence-corrected chi connectivity index (χ4v) is 2.24. The molecule has 0 fully saturated rings. The summed E-state index contributed by atoms with van der Waals surface area (Å²) in [6, 6.07) is 4.40. The number of ether oxygens (including phenoxy) is 1. The zero-order chi connectivity index (χ0) is 13.7. The van der Waals surface area contributed by atoms with Gasteiger partial charge in [0.2, 0.25) is 0 Å². The minimum atomic E-state index is -0.923. The number of aliphatic carboxylic acids is 1. The van der Waals surface area contributed by atoms with Crippen molar-refractivity contribution in [1.82, 2.24) is 0 Å². The van der Waals surface area contributed by atoms with E-state index in [1.807, 2.05) is 0 Å². The average Bonchev–Trinajstić information content (AvgIpc) is 2.34. The fraction of sp³-hybridized carbons (Fsp3) is 0.364. The zero-order valence-corrected chi connectivity index (χ0v) is 10.8. The van der Waals surface area contributed by atoms with Crippen molar-refractivity contribution in [3.63, 3.8) is 0 Å². The van der Waals surface area contributed by atoms with Crippen LogP contribution in [0.25, 0.3) is 0 Å². The lowest BCUT2D eigenvalue weighted by molar-refractivity contribution is -0.387. The van der Waals surface area contributed by atoms with E-state index in [0.717, 1.165) is 11.8 Å². The van der Waals surface area contributed by atoms with Gasteiger partial charge in [-0.05, 0) is 6.07 Å². The van der Waals surface area contributed by atoms with Gasteiger partial charge in [0.15, 0.2) is 0 Å². The zero-order valence-electron chi connectivity index (χ0n) is 9.95. The van der Waals surface area contributed by atoms with Crippen molar-refractivity contribution in [3.8, 4) is 5.75 Å². The third-order valence-electron chi connectivity index (χ3n) is 2.27. The number of carboxylic acid groups (broad SMARTS) is 1. The topological polar surface area (TPSA) is 89.7 Å². The van der Waals surface area contributed by atoms with Crippen molar-refractivity contribution in [1.29, 1.82) is 0 Å². The number of carboxylic acids is 1. The quantitative estimate of drug-likeness (QED) is 0.485. The molecule has 0 aliphatic heterocycles. The van der Waals surface area contributed by atoms with Crippen LogP contribution in [0.1, 0.15) is 6.92 Å². The second-order valence-electron chi connectivity index (χ2n) is 3.64.